The summed E-state index contributed by atoms with van der Waals surface area (Å²) < 4.78 is 27.6. The molecular formula is C43H45BrF2N6. The number of aromatic amines is 2. The molecule has 2 saturated heterocycles. The van der Waals surface area contributed by atoms with Crippen LogP contribution in [0.5, 0.6) is 0 Å². The lowest BCUT2D eigenvalue weighted by molar-refractivity contribution is 0.253. The molecule has 2 aromatic carbocycles. The van der Waals surface area contributed by atoms with Gasteiger partial charge < -0.3 is 19.8 Å². The first kappa shape index (κ1) is 35.9. The quantitative estimate of drug-likeness (QED) is 0.166. The van der Waals surface area contributed by atoms with Crippen LogP contribution in [0.2, 0.25) is 0 Å². The van der Waals surface area contributed by atoms with E-state index in [4.69, 9.17) is 0 Å². The van der Waals surface area contributed by atoms with E-state index in [1.807, 2.05) is 55.6 Å². The van der Waals surface area contributed by atoms with Gasteiger partial charge in [0.15, 0.2) is 0 Å². The maximum Gasteiger partial charge on any atom is 0.123 e. The molecule has 0 amide bonds. The second-order valence-corrected chi connectivity index (χ2v) is 15.1. The lowest BCUT2D eigenvalue weighted by atomic mass is 9.93. The van der Waals surface area contributed by atoms with Crippen LogP contribution in [0.15, 0.2) is 102 Å². The molecule has 0 unspecified atom stereocenters. The van der Waals surface area contributed by atoms with Crippen molar-refractivity contribution in [1.29, 1.82) is 0 Å². The largest absolute Gasteiger partial charge is 0.358 e. The van der Waals surface area contributed by atoms with Crippen LogP contribution in [-0.4, -0.2) is 70.0 Å². The zero-order valence-electron chi connectivity index (χ0n) is 30.0. The van der Waals surface area contributed by atoms with Gasteiger partial charge in [-0.05, 0) is 196 Å². The Morgan fingerprint density at radius 3 is 1.42 bits per heavy atom. The van der Waals surface area contributed by atoms with Crippen molar-refractivity contribution in [3.05, 3.63) is 131 Å². The number of H-pyrrole nitrogens is 2. The third-order valence-electron chi connectivity index (χ3n) is 10.5. The van der Waals surface area contributed by atoms with Gasteiger partial charge in [0, 0.05) is 52.4 Å². The predicted molar refractivity (Wildman–Crippen MR) is 210 cm³/mol. The Balaban J connectivity index is 0.000000162. The number of halogens is 3. The zero-order chi connectivity index (χ0) is 36.2. The van der Waals surface area contributed by atoms with E-state index < -0.39 is 0 Å². The molecule has 2 fully saturated rings. The highest BCUT2D eigenvalue weighted by molar-refractivity contribution is 9.10. The maximum atomic E-state index is 13.4. The van der Waals surface area contributed by atoms with Gasteiger partial charge in [0.2, 0.25) is 0 Å². The number of hydrogen-bond donors (Lipinski definition) is 2. The van der Waals surface area contributed by atoms with Crippen molar-refractivity contribution in [2.45, 2.75) is 44.4 Å². The minimum Gasteiger partial charge on any atom is -0.358 e. The highest BCUT2D eigenvalue weighted by atomic mass is 79.9. The summed E-state index contributed by atoms with van der Waals surface area (Å²) in [5.41, 5.74) is 12.2. The first-order chi connectivity index (χ1) is 25.2. The van der Waals surface area contributed by atoms with Gasteiger partial charge in [-0.2, -0.15) is 0 Å². The van der Waals surface area contributed by atoms with Gasteiger partial charge in [0.1, 0.15) is 16.2 Å². The number of pyridine rings is 2. The molecule has 2 aliphatic rings. The molecule has 268 valence electrons. The normalized spacial score (nSPS) is 16.1. The van der Waals surface area contributed by atoms with Crippen molar-refractivity contribution in [2.24, 2.45) is 0 Å². The Labute approximate surface area is 313 Å². The fraction of sp³-hybridized carbons (Fsp3) is 0.302. The molecule has 8 rings (SSSR count). The Bertz CT molecular complexity index is 1940. The number of likely N-dealkylation sites (tertiary alicyclic amines) is 2. The van der Waals surface area contributed by atoms with Crippen LogP contribution in [0.1, 0.15) is 54.6 Å². The van der Waals surface area contributed by atoms with Gasteiger partial charge in [0.05, 0.1) is 11.4 Å². The summed E-state index contributed by atoms with van der Waals surface area (Å²) in [6.45, 7) is 6.49. The second-order valence-electron chi connectivity index (χ2n) is 14.2. The van der Waals surface area contributed by atoms with E-state index in [0.717, 1.165) is 107 Å². The smallest absolute Gasteiger partial charge is 0.123 e. The van der Waals surface area contributed by atoms with E-state index in [1.54, 1.807) is 6.20 Å². The average Bonchev–Trinajstić information content (AvgIpc) is 3.80. The molecule has 4 aromatic heterocycles. The highest BCUT2D eigenvalue weighted by Gasteiger charge is 2.24. The summed E-state index contributed by atoms with van der Waals surface area (Å²) in [5, 5.41) is 0. The van der Waals surface area contributed by atoms with E-state index >= 15 is 0 Å². The lowest BCUT2D eigenvalue weighted by Gasteiger charge is -2.28. The summed E-state index contributed by atoms with van der Waals surface area (Å²) >= 11 is 3.46. The third kappa shape index (κ3) is 8.44. The maximum absolute atomic E-state index is 13.4. The minimum atomic E-state index is -0.218. The van der Waals surface area contributed by atoms with Crippen molar-refractivity contribution in [1.82, 2.24) is 29.7 Å². The zero-order valence-corrected chi connectivity index (χ0v) is 31.6. The number of hydrogen-bond acceptors (Lipinski definition) is 4. The molecule has 0 aliphatic carbocycles. The van der Waals surface area contributed by atoms with Crippen LogP contribution < -0.4 is 0 Å². The number of aryl methyl sites for hydroxylation is 1. The molecule has 52 heavy (non-hydrogen) atoms. The Morgan fingerprint density at radius 2 is 1.00 bits per heavy atom. The van der Waals surface area contributed by atoms with Crippen molar-refractivity contribution in [2.75, 3.05) is 40.3 Å². The number of nitrogens with zero attached hydrogens (tertiary/aromatic N) is 4. The van der Waals surface area contributed by atoms with Gasteiger partial charge in [-0.15, -0.1) is 0 Å². The molecule has 2 N–H and O–H groups in total. The minimum absolute atomic E-state index is 0.211. The van der Waals surface area contributed by atoms with E-state index in [-0.39, 0.29) is 11.6 Å². The molecular weight excluding hydrogens is 718 g/mol. The fourth-order valence-corrected chi connectivity index (χ4v) is 7.82. The molecule has 9 heteroatoms. The molecule has 0 saturated carbocycles. The first-order valence-corrected chi connectivity index (χ1v) is 18.9. The van der Waals surface area contributed by atoms with Crippen molar-refractivity contribution in [3.8, 4) is 44.8 Å². The first-order valence-electron chi connectivity index (χ1n) is 18.1. The van der Waals surface area contributed by atoms with Gasteiger partial charge in [-0.1, -0.05) is 0 Å². The molecule has 0 radical (unpaired) electrons. The Morgan fingerprint density at radius 1 is 0.577 bits per heavy atom. The summed E-state index contributed by atoms with van der Waals surface area (Å²) in [6, 6.07) is 26.1. The average molecular weight is 764 g/mol. The van der Waals surface area contributed by atoms with Gasteiger partial charge in [0.25, 0.3) is 0 Å². The molecule has 0 bridgehead atoms. The van der Waals surface area contributed by atoms with E-state index in [2.05, 4.69) is 78.0 Å². The fourth-order valence-electron chi connectivity index (χ4n) is 7.46. The van der Waals surface area contributed by atoms with Crippen LogP contribution in [0.4, 0.5) is 8.78 Å². The molecule has 0 spiro atoms. The summed E-state index contributed by atoms with van der Waals surface area (Å²) in [7, 11) is 4.36. The number of rotatable bonds is 6. The summed E-state index contributed by atoms with van der Waals surface area (Å²) in [6.07, 6.45) is 8.28. The van der Waals surface area contributed by atoms with Crippen LogP contribution in [-0.2, 0) is 0 Å². The molecule has 2 aliphatic heterocycles. The van der Waals surface area contributed by atoms with Gasteiger partial charge >= 0.3 is 0 Å². The van der Waals surface area contributed by atoms with Gasteiger partial charge in [-0.3, -0.25) is 4.98 Å². The number of aromatic nitrogens is 4. The number of benzene rings is 2. The predicted octanol–water partition coefficient (Wildman–Crippen LogP) is 10.5. The van der Waals surface area contributed by atoms with E-state index in [1.165, 1.54) is 35.7 Å². The molecule has 6 heterocycles. The van der Waals surface area contributed by atoms with Crippen LogP contribution in [0, 0.1) is 18.6 Å². The standard InChI is InChI=1S/C22H24FN3.C21H21BrFN3/c1-15-13-18(7-10-24-15)20-14-21(16-8-11-26(2)12-9-16)25-22(20)17-3-5-19(23)6-4-17;1-26-10-7-14(8-11-26)19-13-18(16-6-9-24-20(22)12-16)21(25-19)15-2-4-17(23)5-3-15/h3-7,10,13-14,16,25H,8-9,11-12H2,1-2H3;2-6,9,12-14,25H,7-8,10-11H2,1H3. The number of piperidine rings is 2. The molecule has 6 aromatic rings. The lowest BCUT2D eigenvalue weighted by Crippen LogP contribution is -2.29. The van der Waals surface area contributed by atoms with Crippen LogP contribution in [0.25, 0.3) is 44.8 Å². The SMILES string of the molecule is CN1CCC(c2cc(-c3ccnc(Br)c3)c(-c3ccc(F)cc3)[nH]2)CC1.Cc1cc(-c2cc(C3CCN(C)CC3)[nH]c2-c2ccc(F)cc2)ccn1. The second kappa shape index (κ2) is 16.1. The summed E-state index contributed by atoms with van der Waals surface area (Å²) in [5.74, 6) is 0.646. The molecule has 6 nitrogen and oxygen atoms in total. The van der Waals surface area contributed by atoms with E-state index in [9.17, 15) is 8.78 Å². The third-order valence-corrected chi connectivity index (χ3v) is 10.9. The van der Waals surface area contributed by atoms with Crippen molar-refractivity contribution in [3.63, 3.8) is 0 Å². The van der Waals surface area contributed by atoms with Crippen molar-refractivity contribution < 1.29 is 8.78 Å². The molecule has 0 atom stereocenters. The Hall–Kier alpha value is -4.44. The van der Waals surface area contributed by atoms with Gasteiger partial charge in [-0.25, -0.2) is 13.8 Å². The topological polar surface area (TPSA) is 63.8 Å². The van der Waals surface area contributed by atoms with Crippen molar-refractivity contribution >= 4 is 15.9 Å². The number of nitrogens with one attached hydrogen (secondary N) is 2. The summed E-state index contributed by atoms with van der Waals surface area (Å²) in [4.78, 5) is 20.6. The monoisotopic (exact) mass is 762 g/mol. The van der Waals surface area contributed by atoms with Crippen LogP contribution >= 0.6 is 15.9 Å². The van der Waals surface area contributed by atoms with E-state index in [0.29, 0.717) is 11.8 Å². The highest BCUT2D eigenvalue weighted by Crippen LogP contribution is 2.39. The Kier molecular flexibility index (Phi) is 11.1. The van der Waals surface area contributed by atoms with Crippen LogP contribution in [0.3, 0.4) is 0 Å².